The molecular weight excluding hydrogens is 893 g/mol. The summed E-state index contributed by atoms with van der Waals surface area (Å²) in [6, 6.07) is 0. The van der Waals surface area contributed by atoms with Crippen LogP contribution in [0.5, 0.6) is 0 Å². The van der Waals surface area contributed by atoms with Gasteiger partial charge >= 0.3 is 36.1 Å². The van der Waals surface area contributed by atoms with Gasteiger partial charge in [0.15, 0.2) is 0 Å². The molecule has 3 fully saturated rings. The van der Waals surface area contributed by atoms with Crippen molar-refractivity contribution in [1.29, 1.82) is 0 Å². The lowest BCUT2D eigenvalue weighted by atomic mass is 9.88. The van der Waals surface area contributed by atoms with E-state index in [9.17, 15) is 28.8 Å². The molecule has 0 aromatic heterocycles. The molecule has 0 radical (unpaired) electrons. The number of piperazine rings is 3. The average molecular weight is 975 g/mol. The lowest BCUT2D eigenvalue weighted by molar-refractivity contribution is -0.158. The first-order valence-corrected chi connectivity index (χ1v) is 24.3. The van der Waals surface area contributed by atoms with Crippen molar-refractivity contribution >= 4 is 36.1 Å². The normalized spacial score (nSPS) is 19.2. The van der Waals surface area contributed by atoms with Crippen LogP contribution in [-0.2, 0) is 66.5 Å². The number of rotatable bonds is 30. The van der Waals surface area contributed by atoms with Crippen LogP contribution < -0.4 is 0 Å². The van der Waals surface area contributed by atoms with Crippen molar-refractivity contribution in [2.24, 2.45) is 5.41 Å². The molecule has 68 heavy (non-hydrogen) atoms. The third-order valence-corrected chi connectivity index (χ3v) is 11.8. The SMILES string of the molecule is CCOCC(CN1CCN(CC(COCC(CC)(COCC(CN2CCN(C(=O)OCC)CC2)OC(C)=O)COCC(CN2CCN(C(=O)OCC)CC2)OC(C)=O)OC(C)=O)CC1)OC(C)=O. The molecule has 4 atom stereocenters. The zero-order valence-corrected chi connectivity index (χ0v) is 42.1. The monoisotopic (exact) mass is 975 g/mol. The van der Waals surface area contributed by atoms with Crippen LogP contribution in [0, 0.1) is 5.41 Å². The summed E-state index contributed by atoms with van der Waals surface area (Å²) in [5.74, 6) is -1.66. The van der Waals surface area contributed by atoms with Gasteiger partial charge in [0, 0.05) is 144 Å². The van der Waals surface area contributed by atoms with Gasteiger partial charge in [-0.05, 0) is 27.2 Å². The van der Waals surface area contributed by atoms with Crippen LogP contribution in [-0.4, -0.2) is 261 Å². The highest BCUT2D eigenvalue weighted by Gasteiger charge is 2.34. The first kappa shape index (κ1) is 58.4. The molecule has 3 aliphatic heterocycles. The van der Waals surface area contributed by atoms with Gasteiger partial charge in [0.1, 0.15) is 24.4 Å². The first-order chi connectivity index (χ1) is 32.6. The fourth-order valence-electron chi connectivity index (χ4n) is 8.30. The number of esters is 4. The minimum atomic E-state index is -0.732. The molecule has 3 heterocycles. The number of ether oxygens (including phenoxy) is 10. The number of carbonyl (C=O) groups is 6. The van der Waals surface area contributed by atoms with Gasteiger partial charge in [-0.1, -0.05) is 6.92 Å². The van der Waals surface area contributed by atoms with Gasteiger partial charge in [0.2, 0.25) is 0 Å². The highest BCUT2D eigenvalue weighted by Crippen LogP contribution is 2.25. The third-order valence-electron chi connectivity index (χ3n) is 11.8. The lowest BCUT2D eigenvalue weighted by Crippen LogP contribution is -2.52. The zero-order valence-electron chi connectivity index (χ0n) is 42.1. The van der Waals surface area contributed by atoms with Crippen molar-refractivity contribution in [3.8, 4) is 0 Å². The van der Waals surface area contributed by atoms with E-state index in [0.29, 0.717) is 124 Å². The number of hydrogen-bond donors (Lipinski definition) is 0. The van der Waals surface area contributed by atoms with E-state index in [1.807, 2.05) is 13.8 Å². The number of amides is 2. The van der Waals surface area contributed by atoms with E-state index in [1.165, 1.54) is 27.7 Å². The molecule has 22 nitrogen and oxygen atoms in total. The minimum Gasteiger partial charge on any atom is -0.459 e. The second kappa shape index (κ2) is 32.1. The van der Waals surface area contributed by atoms with Gasteiger partial charge in [-0.3, -0.25) is 38.8 Å². The molecule has 3 rings (SSSR count). The van der Waals surface area contributed by atoms with Crippen LogP contribution >= 0.6 is 0 Å². The van der Waals surface area contributed by atoms with Crippen LogP contribution in [0.4, 0.5) is 9.59 Å². The molecule has 0 bridgehead atoms. The number of hydrogen-bond acceptors (Lipinski definition) is 20. The minimum absolute atomic E-state index is 0.0859. The average Bonchev–Trinajstić information content (AvgIpc) is 3.28. The second-order valence-corrected chi connectivity index (χ2v) is 17.6. The molecule has 0 spiro atoms. The van der Waals surface area contributed by atoms with E-state index >= 15 is 0 Å². The molecule has 0 saturated carbocycles. The van der Waals surface area contributed by atoms with Gasteiger partial charge in [-0.2, -0.15) is 0 Å². The summed E-state index contributed by atoms with van der Waals surface area (Å²) in [6.45, 7) is 24.0. The Labute approximate surface area is 403 Å². The topological polar surface area (TPSA) is 214 Å². The molecule has 3 saturated heterocycles. The van der Waals surface area contributed by atoms with Crippen LogP contribution in [0.15, 0.2) is 0 Å². The van der Waals surface area contributed by atoms with E-state index in [0.717, 1.165) is 13.1 Å². The third kappa shape index (κ3) is 23.1. The fourth-order valence-corrected chi connectivity index (χ4v) is 8.30. The first-order valence-electron chi connectivity index (χ1n) is 24.3. The Kier molecular flexibility index (Phi) is 27.6. The van der Waals surface area contributed by atoms with Crippen LogP contribution in [0.2, 0.25) is 0 Å². The molecule has 3 aliphatic rings. The van der Waals surface area contributed by atoms with E-state index in [-0.39, 0.29) is 63.9 Å². The van der Waals surface area contributed by atoms with E-state index in [1.54, 1.807) is 23.6 Å². The summed E-state index contributed by atoms with van der Waals surface area (Å²) in [7, 11) is 0. The summed E-state index contributed by atoms with van der Waals surface area (Å²) in [4.78, 5) is 85.1. The zero-order chi connectivity index (χ0) is 49.9. The Morgan fingerprint density at radius 1 is 0.397 bits per heavy atom. The molecule has 4 unspecified atom stereocenters. The van der Waals surface area contributed by atoms with Gasteiger partial charge < -0.3 is 57.2 Å². The van der Waals surface area contributed by atoms with Crippen molar-refractivity contribution in [3.63, 3.8) is 0 Å². The quantitative estimate of drug-likeness (QED) is 0.0734. The Bertz CT molecular complexity index is 1440. The van der Waals surface area contributed by atoms with Crippen LogP contribution in [0.25, 0.3) is 0 Å². The predicted molar refractivity (Wildman–Crippen MR) is 247 cm³/mol. The van der Waals surface area contributed by atoms with Crippen molar-refractivity contribution in [1.82, 2.24) is 29.4 Å². The fraction of sp³-hybridized carbons (Fsp3) is 0.870. The maximum Gasteiger partial charge on any atom is 0.409 e. The Balaban J connectivity index is 1.68. The van der Waals surface area contributed by atoms with Crippen LogP contribution in [0.3, 0.4) is 0 Å². The van der Waals surface area contributed by atoms with Gasteiger partial charge in [-0.15, -0.1) is 0 Å². The molecule has 0 aromatic rings. The predicted octanol–water partition coefficient (Wildman–Crippen LogP) is 1.36. The maximum absolute atomic E-state index is 12.3. The van der Waals surface area contributed by atoms with Gasteiger partial charge in [0.05, 0.1) is 59.5 Å². The molecule has 392 valence electrons. The van der Waals surface area contributed by atoms with E-state index in [4.69, 9.17) is 47.4 Å². The van der Waals surface area contributed by atoms with Crippen molar-refractivity contribution < 1.29 is 76.1 Å². The summed E-state index contributed by atoms with van der Waals surface area (Å²) >= 11 is 0. The highest BCUT2D eigenvalue weighted by molar-refractivity contribution is 5.68. The smallest absolute Gasteiger partial charge is 0.409 e. The van der Waals surface area contributed by atoms with Crippen molar-refractivity contribution in [2.45, 2.75) is 86.2 Å². The molecular formula is C46H82N6O16. The standard InChI is InChI=1S/C46H82N6O16/c1-9-46(34-61-31-42(67-38(7)55)27-49-17-21-51(22-18-49)44(57)63-11-3,35-62-32-43(68-39(8)56)28-50-19-23-52(24-20-50)45(58)64-12-4)33-60-30-41(66-37(6)54)26-48-15-13-47(14-16-48)25-40(29-59-10-2)65-36(5)53/h40-43H,9-35H2,1-8H3. The van der Waals surface area contributed by atoms with E-state index < -0.39 is 41.6 Å². The Hall–Kier alpha value is -3.90. The van der Waals surface area contributed by atoms with Crippen LogP contribution in [0.1, 0.15) is 61.8 Å². The molecule has 2 amide bonds. The lowest BCUT2D eigenvalue weighted by Gasteiger charge is -2.38. The molecule has 0 N–H and O–H groups in total. The number of nitrogens with zero attached hydrogens (tertiary/aromatic N) is 6. The summed E-state index contributed by atoms with van der Waals surface area (Å²) < 4.78 is 57.7. The van der Waals surface area contributed by atoms with Gasteiger partial charge in [-0.25, -0.2) is 9.59 Å². The molecule has 0 aliphatic carbocycles. The largest absolute Gasteiger partial charge is 0.459 e. The summed E-state index contributed by atoms with van der Waals surface area (Å²) in [6.07, 6.45) is -2.28. The molecule has 22 heteroatoms. The van der Waals surface area contributed by atoms with Crippen molar-refractivity contribution in [2.75, 3.05) is 171 Å². The number of carbonyl (C=O) groups excluding carboxylic acids is 6. The second-order valence-electron chi connectivity index (χ2n) is 17.6. The van der Waals surface area contributed by atoms with Gasteiger partial charge in [0.25, 0.3) is 0 Å². The maximum atomic E-state index is 12.3. The van der Waals surface area contributed by atoms with Crippen molar-refractivity contribution in [3.05, 3.63) is 0 Å². The highest BCUT2D eigenvalue weighted by atomic mass is 16.6. The Morgan fingerprint density at radius 3 is 0.897 bits per heavy atom. The molecule has 0 aromatic carbocycles. The van der Waals surface area contributed by atoms with E-state index in [2.05, 4.69) is 19.6 Å². The Morgan fingerprint density at radius 2 is 0.662 bits per heavy atom. The summed E-state index contributed by atoms with van der Waals surface area (Å²) in [5, 5.41) is 0. The summed E-state index contributed by atoms with van der Waals surface area (Å²) in [5.41, 5.74) is -0.732.